The number of nitrogens with one attached hydrogen (secondary N) is 1. The van der Waals surface area contributed by atoms with E-state index in [2.05, 4.69) is 15.4 Å². The van der Waals surface area contributed by atoms with Crippen molar-refractivity contribution in [1.82, 2.24) is 15.4 Å². The predicted molar refractivity (Wildman–Crippen MR) is 56.6 cm³/mol. The van der Waals surface area contributed by atoms with Crippen molar-refractivity contribution in [3.8, 4) is 5.75 Å². The molecule has 5 nitrogen and oxygen atoms in total. The van der Waals surface area contributed by atoms with Crippen LogP contribution in [0.25, 0.3) is 0 Å². The van der Waals surface area contributed by atoms with Crippen molar-refractivity contribution in [1.29, 1.82) is 0 Å². The third-order valence-corrected chi connectivity index (χ3v) is 2.09. The molecule has 0 aliphatic carbocycles. The minimum absolute atomic E-state index is 0.282. The summed E-state index contributed by atoms with van der Waals surface area (Å²) < 4.78 is 5.43. The second-order valence-electron chi connectivity index (χ2n) is 2.90. The monoisotopic (exact) mass is 224 g/mol. The minimum Gasteiger partial charge on any atom is -0.487 e. The molecule has 2 aromatic rings. The van der Waals surface area contributed by atoms with Crippen LogP contribution < -0.4 is 10.5 Å². The predicted octanol–water partition coefficient (Wildman–Crippen LogP) is 1.62. The van der Waals surface area contributed by atoms with Gasteiger partial charge in [0.1, 0.15) is 18.1 Å². The summed E-state index contributed by atoms with van der Waals surface area (Å²) in [6, 6.07) is 7.06. The number of nitrogens with two attached hydrogens (primary N) is 1. The molecule has 78 valence electrons. The number of anilines is 1. The third kappa shape index (κ3) is 2.38. The number of aromatic amines is 1. The highest BCUT2D eigenvalue weighted by molar-refractivity contribution is 6.30. The fourth-order valence-electron chi connectivity index (χ4n) is 1.05. The number of nitrogen functional groups attached to an aromatic ring is 1. The first-order valence-corrected chi connectivity index (χ1v) is 4.67. The molecule has 0 aliphatic heterocycles. The van der Waals surface area contributed by atoms with Crippen molar-refractivity contribution < 1.29 is 4.74 Å². The third-order valence-electron chi connectivity index (χ3n) is 1.84. The highest BCUT2D eigenvalue weighted by Crippen LogP contribution is 2.17. The molecule has 0 bridgehead atoms. The van der Waals surface area contributed by atoms with Gasteiger partial charge in [-0.15, -0.1) is 5.10 Å². The summed E-state index contributed by atoms with van der Waals surface area (Å²) in [5.74, 6) is 1.06. The number of hydrogen-bond donors (Lipinski definition) is 2. The average Bonchev–Trinajstić information content (AvgIpc) is 2.63. The van der Waals surface area contributed by atoms with Crippen LogP contribution in [0.2, 0.25) is 5.02 Å². The van der Waals surface area contributed by atoms with E-state index in [1.54, 1.807) is 24.3 Å². The van der Waals surface area contributed by atoms with Crippen LogP contribution in [0.3, 0.4) is 0 Å². The van der Waals surface area contributed by atoms with E-state index < -0.39 is 0 Å². The molecule has 0 saturated carbocycles. The first-order valence-electron chi connectivity index (χ1n) is 4.29. The molecule has 0 aliphatic rings. The van der Waals surface area contributed by atoms with E-state index in [1.165, 1.54) is 0 Å². The van der Waals surface area contributed by atoms with Gasteiger partial charge < -0.3 is 10.5 Å². The largest absolute Gasteiger partial charge is 0.487 e. The van der Waals surface area contributed by atoms with Crippen LogP contribution in [0.15, 0.2) is 24.3 Å². The van der Waals surface area contributed by atoms with E-state index in [-0.39, 0.29) is 6.61 Å². The standard InChI is InChI=1S/C9H9ClN4O/c10-6-1-3-7(4-2-6)15-5-8-9(11)13-14-12-8/h1-4H,5H2,(H3,11,12,13,14). The number of benzene rings is 1. The molecule has 0 fully saturated rings. The van der Waals surface area contributed by atoms with Crippen molar-refractivity contribution >= 4 is 17.4 Å². The molecule has 0 radical (unpaired) electrons. The van der Waals surface area contributed by atoms with Crippen molar-refractivity contribution in [2.45, 2.75) is 6.61 Å². The van der Waals surface area contributed by atoms with Crippen molar-refractivity contribution in [3.63, 3.8) is 0 Å². The normalized spacial score (nSPS) is 10.2. The number of halogens is 1. The Balaban J connectivity index is 1.99. The maximum absolute atomic E-state index is 5.73. The highest BCUT2D eigenvalue weighted by atomic mass is 35.5. The van der Waals surface area contributed by atoms with E-state index in [0.717, 1.165) is 0 Å². The average molecular weight is 225 g/mol. The quantitative estimate of drug-likeness (QED) is 0.831. The van der Waals surface area contributed by atoms with E-state index in [0.29, 0.717) is 22.3 Å². The van der Waals surface area contributed by atoms with Crippen LogP contribution in [-0.4, -0.2) is 15.4 Å². The van der Waals surface area contributed by atoms with Gasteiger partial charge in [0.05, 0.1) is 0 Å². The van der Waals surface area contributed by atoms with Crippen LogP contribution in [0.4, 0.5) is 5.82 Å². The van der Waals surface area contributed by atoms with Crippen molar-refractivity contribution in [3.05, 3.63) is 35.0 Å². The summed E-state index contributed by atoms with van der Waals surface area (Å²) in [4.78, 5) is 0. The maximum Gasteiger partial charge on any atom is 0.172 e. The minimum atomic E-state index is 0.282. The maximum atomic E-state index is 5.73. The Morgan fingerprint density at radius 3 is 2.60 bits per heavy atom. The Bertz CT molecular complexity index is 440. The lowest BCUT2D eigenvalue weighted by Gasteiger charge is -2.03. The van der Waals surface area contributed by atoms with Gasteiger partial charge in [-0.1, -0.05) is 11.6 Å². The molecule has 1 aromatic carbocycles. The molecular weight excluding hydrogens is 216 g/mol. The summed E-state index contributed by atoms with van der Waals surface area (Å²) in [7, 11) is 0. The Morgan fingerprint density at radius 2 is 2.00 bits per heavy atom. The van der Waals surface area contributed by atoms with Crippen molar-refractivity contribution in [2.75, 3.05) is 5.73 Å². The van der Waals surface area contributed by atoms with E-state index >= 15 is 0 Å². The second kappa shape index (κ2) is 4.18. The number of aromatic nitrogens is 3. The fraction of sp³-hybridized carbons (Fsp3) is 0.111. The van der Waals surface area contributed by atoms with Crippen molar-refractivity contribution in [2.24, 2.45) is 0 Å². The molecular formula is C9H9ClN4O. The number of ether oxygens (including phenoxy) is 1. The molecule has 2 rings (SSSR count). The zero-order chi connectivity index (χ0) is 10.7. The molecule has 0 unspecified atom stereocenters. The molecule has 0 amide bonds. The Labute approximate surface area is 91.2 Å². The van der Waals surface area contributed by atoms with Crippen LogP contribution in [-0.2, 0) is 6.61 Å². The summed E-state index contributed by atoms with van der Waals surface area (Å²) in [6.45, 7) is 0.282. The highest BCUT2D eigenvalue weighted by Gasteiger charge is 2.04. The lowest BCUT2D eigenvalue weighted by atomic mass is 10.3. The lowest BCUT2D eigenvalue weighted by molar-refractivity contribution is 0.302. The molecule has 3 N–H and O–H groups in total. The van der Waals surface area contributed by atoms with Crippen LogP contribution in [0.1, 0.15) is 5.69 Å². The molecule has 6 heteroatoms. The zero-order valence-electron chi connectivity index (χ0n) is 7.77. The van der Waals surface area contributed by atoms with Gasteiger partial charge in [-0.25, -0.2) is 0 Å². The van der Waals surface area contributed by atoms with Gasteiger partial charge in [0.15, 0.2) is 5.82 Å². The Kier molecular flexibility index (Phi) is 2.73. The van der Waals surface area contributed by atoms with Gasteiger partial charge in [0.2, 0.25) is 0 Å². The SMILES string of the molecule is Nc1n[nH]nc1COc1ccc(Cl)cc1. The topological polar surface area (TPSA) is 76.8 Å². The fourth-order valence-corrected chi connectivity index (χ4v) is 1.18. The molecule has 0 atom stereocenters. The summed E-state index contributed by atoms with van der Waals surface area (Å²) in [5.41, 5.74) is 6.11. The summed E-state index contributed by atoms with van der Waals surface area (Å²) in [6.07, 6.45) is 0. The van der Waals surface area contributed by atoms with Gasteiger partial charge in [0, 0.05) is 5.02 Å². The molecule has 15 heavy (non-hydrogen) atoms. The van der Waals surface area contributed by atoms with Crippen LogP contribution in [0, 0.1) is 0 Å². The van der Waals surface area contributed by atoms with E-state index in [4.69, 9.17) is 22.1 Å². The molecule has 1 heterocycles. The lowest BCUT2D eigenvalue weighted by Crippen LogP contribution is -1.99. The van der Waals surface area contributed by atoms with Gasteiger partial charge in [-0.05, 0) is 24.3 Å². The number of nitrogens with zero attached hydrogens (tertiary/aromatic N) is 2. The molecule has 0 saturated heterocycles. The summed E-state index contributed by atoms with van der Waals surface area (Å²) in [5, 5.41) is 10.6. The zero-order valence-corrected chi connectivity index (χ0v) is 8.53. The van der Waals surface area contributed by atoms with Gasteiger partial charge in [-0.3, -0.25) is 0 Å². The van der Waals surface area contributed by atoms with Crippen LogP contribution >= 0.6 is 11.6 Å². The first-order chi connectivity index (χ1) is 7.25. The van der Waals surface area contributed by atoms with E-state index in [9.17, 15) is 0 Å². The number of rotatable bonds is 3. The molecule has 1 aromatic heterocycles. The van der Waals surface area contributed by atoms with E-state index in [1.807, 2.05) is 0 Å². The molecule has 0 spiro atoms. The van der Waals surface area contributed by atoms with Gasteiger partial charge in [0.25, 0.3) is 0 Å². The summed E-state index contributed by atoms with van der Waals surface area (Å²) >= 11 is 5.73. The smallest absolute Gasteiger partial charge is 0.172 e. The Hall–Kier alpha value is -1.75. The van der Waals surface area contributed by atoms with Gasteiger partial charge >= 0.3 is 0 Å². The Morgan fingerprint density at radius 1 is 1.27 bits per heavy atom. The van der Waals surface area contributed by atoms with Crippen LogP contribution in [0.5, 0.6) is 5.75 Å². The van der Waals surface area contributed by atoms with Gasteiger partial charge in [-0.2, -0.15) is 10.3 Å². The first kappa shape index (κ1) is 9.79. The number of hydrogen-bond acceptors (Lipinski definition) is 4. The second-order valence-corrected chi connectivity index (χ2v) is 3.33. The number of H-pyrrole nitrogens is 1.